The van der Waals surface area contributed by atoms with Crippen LogP contribution in [-0.4, -0.2) is 46.8 Å². The predicted octanol–water partition coefficient (Wildman–Crippen LogP) is 0.587. The SMILES string of the molecule is CCC(C)C(NC(=O)C(N)CS)C(=O)NC(Cc1ccccc1)C(=O)O. The van der Waals surface area contributed by atoms with Crippen LogP contribution in [0.4, 0.5) is 0 Å². The van der Waals surface area contributed by atoms with Gasteiger partial charge in [0.1, 0.15) is 12.1 Å². The standard InChI is InChI=1S/C18H27N3O4S/c1-3-11(2)15(21-16(22)13(19)10-26)17(23)20-14(18(24)25)9-12-7-5-4-6-8-12/h4-8,11,13-15,26H,3,9-10,19H2,1-2H3,(H,20,23)(H,21,22)(H,24,25). The molecule has 0 aliphatic rings. The maximum Gasteiger partial charge on any atom is 0.326 e. The fourth-order valence-corrected chi connectivity index (χ4v) is 2.52. The molecule has 0 aliphatic heterocycles. The van der Waals surface area contributed by atoms with Crippen LogP contribution in [-0.2, 0) is 20.8 Å². The summed E-state index contributed by atoms with van der Waals surface area (Å²) in [6.45, 7) is 3.69. The van der Waals surface area contributed by atoms with Crippen LogP contribution in [0.2, 0.25) is 0 Å². The van der Waals surface area contributed by atoms with Crippen LogP contribution in [0.3, 0.4) is 0 Å². The number of nitrogens with two attached hydrogens (primary N) is 1. The molecule has 0 aliphatic carbocycles. The summed E-state index contributed by atoms with van der Waals surface area (Å²) in [7, 11) is 0. The van der Waals surface area contributed by atoms with Crippen LogP contribution in [0.5, 0.6) is 0 Å². The van der Waals surface area contributed by atoms with Gasteiger partial charge in [0, 0.05) is 12.2 Å². The van der Waals surface area contributed by atoms with Gasteiger partial charge in [0.25, 0.3) is 0 Å². The van der Waals surface area contributed by atoms with Crippen molar-refractivity contribution in [3.8, 4) is 0 Å². The Bertz CT molecular complexity index is 612. The third-order valence-electron chi connectivity index (χ3n) is 4.22. The van der Waals surface area contributed by atoms with E-state index in [0.29, 0.717) is 6.42 Å². The number of hydrogen-bond donors (Lipinski definition) is 5. The summed E-state index contributed by atoms with van der Waals surface area (Å²) in [4.78, 5) is 36.2. The molecular weight excluding hydrogens is 354 g/mol. The topological polar surface area (TPSA) is 122 Å². The van der Waals surface area contributed by atoms with E-state index in [1.807, 2.05) is 19.9 Å². The van der Waals surface area contributed by atoms with Gasteiger partial charge < -0.3 is 21.5 Å². The zero-order valence-corrected chi connectivity index (χ0v) is 15.9. The second kappa shape index (κ2) is 10.8. The molecule has 0 heterocycles. The lowest BCUT2D eigenvalue weighted by molar-refractivity contribution is -0.142. The molecule has 1 rings (SSSR count). The molecule has 4 atom stereocenters. The lowest BCUT2D eigenvalue weighted by Crippen LogP contribution is -2.57. The number of carbonyl (C=O) groups excluding carboxylic acids is 2. The highest BCUT2D eigenvalue weighted by atomic mass is 32.1. The maximum absolute atomic E-state index is 12.6. The van der Waals surface area contributed by atoms with Gasteiger partial charge in [-0.3, -0.25) is 9.59 Å². The van der Waals surface area contributed by atoms with Gasteiger partial charge in [-0.05, 0) is 11.5 Å². The van der Waals surface area contributed by atoms with Crippen molar-refractivity contribution in [2.24, 2.45) is 11.7 Å². The Morgan fingerprint density at radius 1 is 1.15 bits per heavy atom. The van der Waals surface area contributed by atoms with Crippen LogP contribution in [0, 0.1) is 5.92 Å². The second-order valence-corrected chi connectivity index (χ2v) is 6.62. The Morgan fingerprint density at radius 2 is 1.77 bits per heavy atom. The first-order valence-corrected chi connectivity index (χ1v) is 9.17. The third-order valence-corrected chi connectivity index (χ3v) is 4.62. The van der Waals surface area contributed by atoms with Crippen molar-refractivity contribution < 1.29 is 19.5 Å². The minimum atomic E-state index is -1.14. The zero-order valence-electron chi connectivity index (χ0n) is 15.0. The number of hydrogen-bond acceptors (Lipinski definition) is 5. The van der Waals surface area contributed by atoms with Gasteiger partial charge in [0.15, 0.2) is 0 Å². The number of nitrogens with one attached hydrogen (secondary N) is 2. The molecule has 5 N–H and O–H groups in total. The fraction of sp³-hybridized carbons (Fsp3) is 0.500. The molecular formula is C18H27N3O4S. The Hall–Kier alpha value is -2.06. The molecule has 26 heavy (non-hydrogen) atoms. The van der Waals surface area contributed by atoms with E-state index in [4.69, 9.17) is 5.73 Å². The summed E-state index contributed by atoms with van der Waals surface area (Å²) >= 11 is 3.98. The number of rotatable bonds is 10. The van der Waals surface area contributed by atoms with Crippen LogP contribution in [0.25, 0.3) is 0 Å². The maximum atomic E-state index is 12.6. The van der Waals surface area contributed by atoms with Crippen molar-refractivity contribution in [3.63, 3.8) is 0 Å². The van der Waals surface area contributed by atoms with Crippen molar-refractivity contribution in [2.45, 2.75) is 44.8 Å². The molecule has 1 aromatic rings. The number of carboxylic acid groups (broad SMARTS) is 1. The van der Waals surface area contributed by atoms with E-state index in [-0.39, 0.29) is 18.1 Å². The number of amides is 2. The van der Waals surface area contributed by atoms with Crippen LogP contribution in [0.1, 0.15) is 25.8 Å². The Labute approximate surface area is 159 Å². The van der Waals surface area contributed by atoms with Crippen molar-refractivity contribution in [2.75, 3.05) is 5.75 Å². The highest BCUT2D eigenvalue weighted by Crippen LogP contribution is 2.10. The lowest BCUT2D eigenvalue weighted by atomic mass is 9.97. The van der Waals surface area contributed by atoms with Gasteiger partial charge in [-0.1, -0.05) is 50.6 Å². The molecule has 0 saturated heterocycles. The van der Waals surface area contributed by atoms with E-state index >= 15 is 0 Å². The first kappa shape index (κ1) is 22.0. The molecule has 0 saturated carbocycles. The zero-order chi connectivity index (χ0) is 19.7. The second-order valence-electron chi connectivity index (χ2n) is 6.25. The number of aliphatic carboxylic acids is 1. The average Bonchev–Trinajstić information content (AvgIpc) is 2.64. The quantitative estimate of drug-likeness (QED) is 0.380. The molecule has 8 heteroatoms. The van der Waals surface area contributed by atoms with Crippen LogP contribution >= 0.6 is 12.6 Å². The molecule has 0 fully saturated rings. The van der Waals surface area contributed by atoms with Crippen LogP contribution < -0.4 is 16.4 Å². The van der Waals surface area contributed by atoms with Gasteiger partial charge in [-0.2, -0.15) is 12.6 Å². The van der Waals surface area contributed by atoms with E-state index in [1.165, 1.54) is 0 Å². The van der Waals surface area contributed by atoms with Gasteiger partial charge in [-0.25, -0.2) is 4.79 Å². The van der Waals surface area contributed by atoms with Gasteiger partial charge in [-0.15, -0.1) is 0 Å². The molecule has 144 valence electrons. The lowest BCUT2D eigenvalue weighted by Gasteiger charge is -2.26. The third kappa shape index (κ3) is 6.68. The highest BCUT2D eigenvalue weighted by molar-refractivity contribution is 7.80. The number of benzene rings is 1. The molecule has 0 aromatic heterocycles. The average molecular weight is 381 g/mol. The largest absolute Gasteiger partial charge is 0.480 e. The normalized spacial score (nSPS) is 15.4. The highest BCUT2D eigenvalue weighted by Gasteiger charge is 2.30. The van der Waals surface area contributed by atoms with Crippen molar-refractivity contribution in [1.82, 2.24) is 10.6 Å². The Kier molecular flexibility index (Phi) is 9.15. The van der Waals surface area contributed by atoms with Gasteiger partial charge >= 0.3 is 5.97 Å². The smallest absolute Gasteiger partial charge is 0.326 e. The molecule has 0 radical (unpaired) electrons. The summed E-state index contributed by atoms with van der Waals surface area (Å²) < 4.78 is 0. The number of thiol groups is 1. The Morgan fingerprint density at radius 3 is 2.27 bits per heavy atom. The molecule has 0 spiro atoms. The number of carboxylic acids is 1. The van der Waals surface area contributed by atoms with E-state index in [0.717, 1.165) is 5.56 Å². The summed E-state index contributed by atoms with van der Waals surface area (Å²) in [6.07, 6.45) is 0.782. The summed E-state index contributed by atoms with van der Waals surface area (Å²) in [5, 5.41) is 14.6. The van der Waals surface area contributed by atoms with Gasteiger partial charge in [0.05, 0.1) is 6.04 Å². The molecule has 0 bridgehead atoms. The van der Waals surface area contributed by atoms with E-state index < -0.39 is 35.9 Å². The summed E-state index contributed by atoms with van der Waals surface area (Å²) in [5.74, 6) is -2.20. The molecule has 7 nitrogen and oxygen atoms in total. The first-order valence-electron chi connectivity index (χ1n) is 8.54. The van der Waals surface area contributed by atoms with Crippen LogP contribution in [0.15, 0.2) is 30.3 Å². The van der Waals surface area contributed by atoms with Gasteiger partial charge in [0.2, 0.25) is 11.8 Å². The molecule has 4 unspecified atom stereocenters. The molecule has 1 aromatic carbocycles. The summed E-state index contributed by atoms with van der Waals surface area (Å²) in [5.41, 5.74) is 6.44. The van der Waals surface area contributed by atoms with E-state index in [2.05, 4.69) is 23.3 Å². The minimum Gasteiger partial charge on any atom is -0.480 e. The van der Waals surface area contributed by atoms with Crippen molar-refractivity contribution >= 4 is 30.4 Å². The monoisotopic (exact) mass is 381 g/mol. The number of carbonyl (C=O) groups is 3. The van der Waals surface area contributed by atoms with E-state index in [1.54, 1.807) is 24.3 Å². The minimum absolute atomic E-state index is 0.145. The predicted molar refractivity (Wildman–Crippen MR) is 103 cm³/mol. The van der Waals surface area contributed by atoms with E-state index in [9.17, 15) is 19.5 Å². The first-order chi connectivity index (χ1) is 12.3. The van der Waals surface area contributed by atoms with Crippen molar-refractivity contribution in [1.29, 1.82) is 0 Å². The fourth-order valence-electron chi connectivity index (χ4n) is 2.36. The van der Waals surface area contributed by atoms with Crippen molar-refractivity contribution in [3.05, 3.63) is 35.9 Å². The molecule has 2 amide bonds. The summed E-state index contributed by atoms with van der Waals surface area (Å²) in [6, 6.07) is 6.23. The Balaban J connectivity index is 2.87.